The Kier molecular flexibility index (Phi) is 5.19. The van der Waals surface area contributed by atoms with Crippen LogP contribution in [-0.4, -0.2) is 29.7 Å². The van der Waals surface area contributed by atoms with E-state index in [1.807, 2.05) is 0 Å². The molecule has 1 aliphatic carbocycles. The minimum absolute atomic E-state index is 0.220. The zero-order chi connectivity index (χ0) is 22.5. The van der Waals surface area contributed by atoms with E-state index in [-0.39, 0.29) is 12.0 Å². The van der Waals surface area contributed by atoms with Gasteiger partial charge in [0, 0.05) is 5.56 Å². The molecule has 162 valence electrons. The summed E-state index contributed by atoms with van der Waals surface area (Å²) in [5.74, 6) is -24.4. The average molecular weight is 440 g/mol. The highest BCUT2D eigenvalue weighted by atomic mass is 19.4. The van der Waals surface area contributed by atoms with Gasteiger partial charge in [-0.25, -0.2) is 0 Å². The smallest absolute Gasteiger partial charge is 0.294 e. The summed E-state index contributed by atoms with van der Waals surface area (Å²) in [6, 6.07) is 12.3. The number of halogens is 9. The van der Waals surface area contributed by atoms with Gasteiger partial charge in [0.15, 0.2) is 5.78 Å². The lowest BCUT2D eigenvalue weighted by molar-refractivity contribution is -0.400. The second-order valence-electron chi connectivity index (χ2n) is 6.96. The first-order chi connectivity index (χ1) is 13.7. The van der Waals surface area contributed by atoms with E-state index in [4.69, 9.17) is 0 Å². The van der Waals surface area contributed by atoms with E-state index in [1.165, 1.54) is 6.07 Å². The molecule has 0 aliphatic heterocycles. The van der Waals surface area contributed by atoms with Gasteiger partial charge in [-0.05, 0) is 35.6 Å². The van der Waals surface area contributed by atoms with Crippen LogP contribution < -0.4 is 0 Å². The van der Waals surface area contributed by atoms with Crippen LogP contribution in [0.5, 0.6) is 0 Å². The van der Waals surface area contributed by atoms with E-state index < -0.39 is 47.6 Å². The molecule has 2 aromatic rings. The van der Waals surface area contributed by atoms with Crippen LogP contribution in [0.1, 0.15) is 22.3 Å². The van der Waals surface area contributed by atoms with Crippen molar-refractivity contribution in [2.24, 2.45) is 5.92 Å². The van der Waals surface area contributed by atoms with Crippen molar-refractivity contribution in [2.75, 3.05) is 0 Å². The fourth-order valence-electron chi connectivity index (χ4n) is 3.40. The molecule has 0 bridgehead atoms. The molecule has 0 saturated carbocycles. The van der Waals surface area contributed by atoms with Gasteiger partial charge in [0.25, 0.3) is 0 Å². The number of benzene rings is 2. The molecule has 0 radical (unpaired) electrons. The Morgan fingerprint density at radius 1 is 0.733 bits per heavy atom. The molecular formula is C20H13F9O. The quantitative estimate of drug-likeness (QED) is 0.492. The standard InChI is InChI=1S/C20H13F9O/c21-17(22,18(23,24)19(25,26)20(27,28)29)15-9-8-12-6-7-13(10-14(12)16(15)30)11-4-2-1-3-5-11/h1-7,10,15H,8-9H2. The maximum Gasteiger partial charge on any atom is 0.460 e. The lowest BCUT2D eigenvalue weighted by Gasteiger charge is -2.38. The number of aryl methyl sites for hydroxylation is 1. The Bertz CT molecular complexity index is 948. The van der Waals surface area contributed by atoms with Crippen molar-refractivity contribution < 1.29 is 44.3 Å². The van der Waals surface area contributed by atoms with E-state index in [9.17, 15) is 44.3 Å². The average Bonchev–Trinajstić information content (AvgIpc) is 2.67. The van der Waals surface area contributed by atoms with E-state index in [0.29, 0.717) is 11.1 Å². The maximum atomic E-state index is 14.3. The van der Waals surface area contributed by atoms with Crippen molar-refractivity contribution in [3.05, 3.63) is 59.7 Å². The predicted molar refractivity (Wildman–Crippen MR) is 88.9 cm³/mol. The van der Waals surface area contributed by atoms with Gasteiger partial charge in [0.05, 0.1) is 5.92 Å². The molecule has 0 fully saturated rings. The number of carbonyl (C=O) groups excluding carboxylic acids is 1. The van der Waals surface area contributed by atoms with E-state index >= 15 is 0 Å². The molecule has 1 unspecified atom stereocenters. The predicted octanol–water partition coefficient (Wildman–Crippen LogP) is 6.57. The lowest BCUT2D eigenvalue weighted by atomic mass is 9.76. The molecule has 1 nitrogen and oxygen atoms in total. The van der Waals surface area contributed by atoms with Crippen LogP contribution in [0.4, 0.5) is 39.5 Å². The summed E-state index contributed by atoms with van der Waals surface area (Å²) in [4.78, 5) is 12.5. The van der Waals surface area contributed by atoms with Gasteiger partial charge in [0.1, 0.15) is 0 Å². The van der Waals surface area contributed by atoms with Crippen LogP contribution >= 0.6 is 0 Å². The number of ketones is 1. The van der Waals surface area contributed by atoms with Crippen molar-refractivity contribution in [3.63, 3.8) is 0 Å². The lowest BCUT2D eigenvalue weighted by Crippen LogP contribution is -2.64. The third kappa shape index (κ3) is 3.26. The fourth-order valence-corrected chi connectivity index (χ4v) is 3.40. The van der Waals surface area contributed by atoms with Crippen LogP contribution in [0.2, 0.25) is 0 Å². The zero-order valence-electron chi connectivity index (χ0n) is 14.9. The second-order valence-corrected chi connectivity index (χ2v) is 6.96. The number of fused-ring (bicyclic) bond motifs is 1. The fraction of sp³-hybridized carbons (Fsp3) is 0.350. The highest BCUT2D eigenvalue weighted by molar-refractivity contribution is 6.02. The normalized spacial score (nSPS) is 18.3. The first-order valence-electron chi connectivity index (χ1n) is 8.64. The Labute approximate surface area is 164 Å². The van der Waals surface area contributed by atoms with Crippen LogP contribution in [0.25, 0.3) is 11.1 Å². The molecule has 0 N–H and O–H groups in total. The molecule has 0 aromatic heterocycles. The molecule has 2 aromatic carbocycles. The first kappa shape index (κ1) is 22.2. The Morgan fingerprint density at radius 2 is 1.33 bits per heavy atom. The minimum atomic E-state index is -7.02. The van der Waals surface area contributed by atoms with Gasteiger partial charge in [-0.15, -0.1) is 0 Å². The van der Waals surface area contributed by atoms with Crippen molar-refractivity contribution in [2.45, 2.75) is 36.8 Å². The Balaban J connectivity index is 2.02. The molecule has 10 heteroatoms. The summed E-state index contributed by atoms with van der Waals surface area (Å²) in [5.41, 5.74) is 0.756. The molecule has 1 atom stereocenters. The van der Waals surface area contributed by atoms with E-state index in [0.717, 1.165) is 6.07 Å². The number of carbonyl (C=O) groups is 1. The van der Waals surface area contributed by atoms with E-state index in [2.05, 4.69) is 0 Å². The summed E-state index contributed by atoms with van der Waals surface area (Å²) < 4.78 is 120. The third-order valence-corrected chi connectivity index (χ3v) is 5.11. The molecule has 3 rings (SSSR count). The molecule has 0 heterocycles. The highest BCUT2D eigenvalue weighted by Crippen LogP contribution is 2.56. The van der Waals surface area contributed by atoms with Crippen LogP contribution in [0.15, 0.2) is 48.5 Å². The van der Waals surface area contributed by atoms with Gasteiger partial charge in [-0.2, -0.15) is 39.5 Å². The summed E-state index contributed by atoms with van der Waals surface area (Å²) in [6.07, 6.45) is -8.27. The Morgan fingerprint density at radius 3 is 1.90 bits per heavy atom. The summed E-state index contributed by atoms with van der Waals surface area (Å²) in [6.45, 7) is 0. The first-order valence-corrected chi connectivity index (χ1v) is 8.64. The molecular weight excluding hydrogens is 427 g/mol. The largest absolute Gasteiger partial charge is 0.460 e. The van der Waals surface area contributed by atoms with Crippen molar-refractivity contribution in [1.82, 2.24) is 0 Å². The van der Waals surface area contributed by atoms with Gasteiger partial charge in [0.2, 0.25) is 0 Å². The number of hydrogen-bond acceptors (Lipinski definition) is 1. The monoisotopic (exact) mass is 440 g/mol. The Hall–Kier alpha value is -2.52. The molecule has 0 amide bonds. The maximum absolute atomic E-state index is 14.3. The van der Waals surface area contributed by atoms with E-state index in [1.54, 1.807) is 36.4 Å². The molecule has 0 spiro atoms. The van der Waals surface area contributed by atoms with Crippen molar-refractivity contribution in [3.8, 4) is 11.1 Å². The summed E-state index contributed by atoms with van der Waals surface area (Å²) in [7, 11) is 0. The number of Topliss-reactive ketones (excluding diaryl/α,β-unsaturated/α-hetero) is 1. The number of alkyl halides is 9. The number of rotatable bonds is 4. The molecule has 0 saturated heterocycles. The minimum Gasteiger partial charge on any atom is -0.294 e. The van der Waals surface area contributed by atoms with Gasteiger partial charge < -0.3 is 0 Å². The summed E-state index contributed by atoms with van der Waals surface area (Å²) in [5, 5.41) is 0. The van der Waals surface area contributed by atoms with Crippen LogP contribution in [0, 0.1) is 5.92 Å². The highest BCUT2D eigenvalue weighted by Gasteiger charge is 2.83. The second kappa shape index (κ2) is 7.02. The topological polar surface area (TPSA) is 17.1 Å². The van der Waals surface area contributed by atoms with Crippen molar-refractivity contribution >= 4 is 5.78 Å². The van der Waals surface area contributed by atoms with Gasteiger partial charge in [-0.3, -0.25) is 4.79 Å². The molecule has 1 aliphatic rings. The van der Waals surface area contributed by atoms with Gasteiger partial charge >= 0.3 is 23.9 Å². The summed E-state index contributed by atoms with van der Waals surface area (Å²) >= 11 is 0. The van der Waals surface area contributed by atoms with Crippen molar-refractivity contribution in [1.29, 1.82) is 0 Å². The van der Waals surface area contributed by atoms with Crippen LogP contribution in [-0.2, 0) is 6.42 Å². The van der Waals surface area contributed by atoms with Gasteiger partial charge in [-0.1, -0.05) is 42.5 Å². The molecule has 30 heavy (non-hydrogen) atoms. The third-order valence-electron chi connectivity index (χ3n) is 5.11. The number of hydrogen-bond donors (Lipinski definition) is 0. The zero-order valence-corrected chi connectivity index (χ0v) is 14.9. The SMILES string of the molecule is O=C1c2cc(-c3ccccc3)ccc2CCC1C(F)(F)C(F)(F)C(F)(F)C(F)(F)F. The van der Waals surface area contributed by atoms with Crippen LogP contribution in [0.3, 0.4) is 0 Å².